The minimum absolute atomic E-state index is 0.152. The first kappa shape index (κ1) is 33.8. The first-order valence-corrected chi connectivity index (χ1v) is 18.5. The molecule has 0 spiro atoms. The molecule has 0 aromatic heterocycles. The third kappa shape index (κ3) is 7.60. The lowest BCUT2D eigenvalue weighted by Gasteiger charge is -2.34. The van der Waals surface area contributed by atoms with E-state index in [9.17, 15) is 0 Å². The molecule has 258 valence electrons. The Balaban J connectivity index is 1.16. The van der Waals surface area contributed by atoms with Crippen LogP contribution in [0.4, 0.5) is 0 Å². The summed E-state index contributed by atoms with van der Waals surface area (Å²) in [5.41, 5.74) is 6.93. The van der Waals surface area contributed by atoms with Gasteiger partial charge in [-0.25, -0.2) is 0 Å². The molecule has 3 saturated heterocycles. The average Bonchev–Trinajstić information content (AvgIpc) is 3.16. The van der Waals surface area contributed by atoms with Gasteiger partial charge in [0.25, 0.3) is 0 Å². The van der Waals surface area contributed by atoms with E-state index in [-0.39, 0.29) is 24.1 Å². The van der Waals surface area contributed by atoms with Crippen LogP contribution in [0.5, 0.6) is 11.5 Å². The molecule has 3 heterocycles. The predicted molar refractivity (Wildman–Crippen MR) is 194 cm³/mol. The number of benzene rings is 4. The lowest BCUT2D eigenvalue weighted by molar-refractivity contribution is -0.106. The van der Waals surface area contributed by atoms with Gasteiger partial charge in [0.2, 0.25) is 0 Å². The van der Waals surface area contributed by atoms with E-state index >= 15 is 0 Å². The standard InChI is InChI=1S/C44H52O5/c1-43(2,33-15-13-32(14-16-33)40-10-4-7-29-45-40)34-17-19-35(20-18-34)44(3,36-21-25-38(26-22-36)48-41-11-5-8-30-46-41)37-23-27-39(28-24-37)49-42-12-6-9-31-47-42/h13-28,40-42H,4-12,29-31H2,1-3H3. The molecule has 3 atom stereocenters. The van der Waals surface area contributed by atoms with E-state index < -0.39 is 5.41 Å². The Bertz CT molecular complexity index is 1540. The van der Waals surface area contributed by atoms with Crippen LogP contribution in [-0.2, 0) is 25.0 Å². The van der Waals surface area contributed by atoms with Crippen molar-refractivity contribution in [2.24, 2.45) is 0 Å². The maximum Gasteiger partial charge on any atom is 0.199 e. The van der Waals surface area contributed by atoms with Gasteiger partial charge in [0.15, 0.2) is 12.6 Å². The van der Waals surface area contributed by atoms with Crippen molar-refractivity contribution >= 4 is 0 Å². The number of hydrogen-bond acceptors (Lipinski definition) is 5. The second-order valence-corrected chi connectivity index (χ2v) is 14.7. The Morgan fingerprint density at radius 1 is 0.449 bits per heavy atom. The summed E-state index contributed by atoms with van der Waals surface area (Å²) in [6, 6.07) is 35.5. The minimum atomic E-state index is -0.413. The molecule has 3 aliphatic rings. The van der Waals surface area contributed by atoms with Crippen LogP contribution in [-0.4, -0.2) is 32.4 Å². The van der Waals surface area contributed by atoms with Gasteiger partial charge in [-0.1, -0.05) is 86.6 Å². The van der Waals surface area contributed by atoms with Crippen molar-refractivity contribution in [1.82, 2.24) is 0 Å². The van der Waals surface area contributed by atoms with Crippen molar-refractivity contribution in [1.29, 1.82) is 0 Å². The lowest BCUT2D eigenvalue weighted by atomic mass is 9.70. The molecule has 5 nitrogen and oxygen atoms in total. The Labute approximate surface area is 292 Å². The van der Waals surface area contributed by atoms with Crippen LogP contribution < -0.4 is 9.47 Å². The Morgan fingerprint density at radius 2 is 0.837 bits per heavy atom. The maximum atomic E-state index is 6.20. The molecule has 0 radical (unpaired) electrons. The average molecular weight is 661 g/mol. The van der Waals surface area contributed by atoms with Crippen LogP contribution in [0.15, 0.2) is 97.1 Å². The summed E-state index contributed by atoms with van der Waals surface area (Å²) in [4.78, 5) is 0. The molecule has 49 heavy (non-hydrogen) atoms. The predicted octanol–water partition coefficient (Wildman–Crippen LogP) is 10.4. The molecular formula is C44H52O5. The summed E-state index contributed by atoms with van der Waals surface area (Å²) in [5.74, 6) is 1.68. The Morgan fingerprint density at radius 3 is 1.24 bits per heavy atom. The number of hydrogen-bond donors (Lipinski definition) is 0. The highest BCUT2D eigenvalue weighted by Crippen LogP contribution is 2.42. The van der Waals surface area contributed by atoms with Gasteiger partial charge in [-0.15, -0.1) is 0 Å². The summed E-state index contributed by atoms with van der Waals surface area (Å²) in [6.45, 7) is 9.35. The Hall–Kier alpha value is -3.64. The second kappa shape index (κ2) is 15.1. The van der Waals surface area contributed by atoms with Crippen LogP contribution in [0.25, 0.3) is 0 Å². The van der Waals surface area contributed by atoms with Gasteiger partial charge in [-0.05, 0) is 110 Å². The highest BCUT2D eigenvalue weighted by Gasteiger charge is 2.33. The monoisotopic (exact) mass is 660 g/mol. The van der Waals surface area contributed by atoms with Crippen LogP contribution in [0.1, 0.15) is 118 Å². The molecule has 0 amide bonds. The molecular weight excluding hydrogens is 608 g/mol. The molecule has 3 unspecified atom stereocenters. The Kier molecular flexibility index (Phi) is 10.4. The summed E-state index contributed by atoms with van der Waals surface area (Å²) in [7, 11) is 0. The minimum Gasteiger partial charge on any atom is -0.465 e. The van der Waals surface area contributed by atoms with Gasteiger partial charge >= 0.3 is 0 Å². The molecule has 3 fully saturated rings. The van der Waals surface area contributed by atoms with Crippen LogP contribution in [0, 0.1) is 0 Å². The highest BCUT2D eigenvalue weighted by molar-refractivity contribution is 5.52. The van der Waals surface area contributed by atoms with Crippen LogP contribution in [0.2, 0.25) is 0 Å². The van der Waals surface area contributed by atoms with E-state index in [0.717, 1.165) is 76.3 Å². The normalized spacial score (nSPS) is 23.0. The molecule has 0 N–H and O–H groups in total. The van der Waals surface area contributed by atoms with Gasteiger partial charge in [0, 0.05) is 30.3 Å². The van der Waals surface area contributed by atoms with Crippen LogP contribution in [0.3, 0.4) is 0 Å². The molecule has 0 saturated carbocycles. The zero-order valence-electron chi connectivity index (χ0n) is 29.5. The molecule has 4 aromatic carbocycles. The number of rotatable bonds is 10. The molecule has 4 aromatic rings. The van der Waals surface area contributed by atoms with Crippen molar-refractivity contribution in [3.05, 3.63) is 130 Å². The van der Waals surface area contributed by atoms with Gasteiger partial charge < -0.3 is 23.7 Å². The van der Waals surface area contributed by atoms with Crippen molar-refractivity contribution in [2.75, 3.05) is 19.8 Å². The second-order valence-electron chi connectivity index (χ2n) is 14.7. The van der Waals surface area contributed by atoms with E-state index in [1.54, 1.807) is 0 Å². The van der Waals surface area contributed by atoms with Crippen molar-refractivity contribution in [2.45, 2.75) is 108 Å². The molecule has 0 bridgehead atoms. The van der Waals surface area contributed by atoms with Crippen molar-refractivity contribution in [3.63, 3.8) is 0 Å². The zero-order valence-corrected chi connectivity index (χ0v) is 29.5. The van der Waals surface area contributed by atoms with E-state index in [1.165, 1.54) is 46.2 Å². The molecule has 5 heteroatoms. The van der Waals surface area contributed by atoms with Gasteiger partial charge in [0.05, 0.1) is 19.3 Å². The summed E-state index contributed by atoms with van der Waals surface area (Å²) >= 11 is 0. The van der Waals surface area contributed by atoms with Gasteiger partial charge in [0.1, 0.15) is 11.5 Å². The quantitative estimate of drug-likeness (QED) is 0.158. The fourth-order valence-electron chi connectivity index (χ4n) is 7.65. The van der Waals surface area contributed by atoms with E-state index in [4.69, 9.17) is 23.7 Å². The topological polar surface area (TPSA) is 46.2 Å². The summed E-state index contributed by atoms with van der Waals surface area (Å²) < 4.78 is 30.1. The SMILES string of the molecule is CC(C)(c1ccc(C2CCCCO2)cc1)c1ccc(C(C)(c2ccc(OC3CCCCO3)cc2)c2ccc(OC3CCCCO3)cc2)cc1. The zero-order chi connectivity index (χ0) is 33.7. The fraction of sp³-hybridized carbons (Fsp3) is 0.455. The third-order valence-corrected chi connectivity index (χ3v) is 11.0. The van der Waals surface area contributed by atoms with Crippen molar-refractivity contribution < 1.29 is 23.7 Å². The molecule has 3 aliphatic heterocycles. The largest absolute Gasteiger partial charge is 0.465 e. The smallest absolute Gasteiger partial charge is 0.199 e. The number of ether oxygens (including phenoxy) is 5. The lowest BCUT2D eigenvalue weighted by Crippen LogP contribution is -2.27. The van der Waals surface area contributed by atoms with Gasteiger partial charge in [-0.3, -0.25) is 0 Å². The molecule has 7 rings (SSSR count). The third-order valence-electron chi connectivity index (χ3n) is 11.0. The fourth-order valence-corrected chi connectivity index (χ4v) is 7.65. The summed E-state index contributed by atoms with van der Waals surface area (Å²) in [5, 5.41) is 0. The highest BCUT2D eigenvalue weighted by atomic mass is 16.7. The first-order chi connectivity index (χ1) is 23.9. The van der Waals surface area contributed by atoms with Gasteiger partial charge in [-0.2, -0.15) is 0 Å². The maximum absolute atomic E-state index is 6.20. The first-order valence-electron chi connectivity index (χ1n) is 18.5. The van der Waals surface area contributed by atoms with E-state index in [2.05, 4.69) is 118 Å². The van der Waals surface area contributed by atoms with Crippen molar-refractivity contribution in [3.8, 4) is 11.5 Å². The van der Waals surface area contributed by atoms with Crippen LogP contribution >= 0.6 is 0 Å². The van der Waals surface area contributed by atoms with E-state index in [1.807, 2.05) is 0 Å². The summed E-state index contributed by atoms with van der Waals surface area (Å²) in [6.07, 6.45) is 9.76. The van der Waals surface area contributed by atoms with E-state index in [0.29, 0.717) is 0 Å². The molecule has 0 aliphatic carbocycles.